The number of rotatable bonds is 6. The highest BCUT2D eigenvalue weighted by Gasteiger charge is 2.19. The average Bonchev–Trinajstić information content (AvgIpc) is 2.57. The van der Waals surface area contributed by atoms with Crippen LogP contribution in [0.3, 0.4) is 0 Å². The number of anilines is 1. The number of aryl methyl sites for hydroxylation is 1. The molecular weight excluding hydrogens is 392 g/mol. The molecule has 0 heterocycles. The molecule has 7 nitrogen and oxygen atoms in total. The van der Waals surface area contributed by atoms with Gasteiger partial charge in [0.2, 0.25) is 0 Å². The fourth-order valence-electron chi connectivity index (χ4n) is 2.05. The number of amides is 1. The standard InChI is InChI=1S/C17H15BrN2O5/c1-10-3-5-15(14(18)7-10)19-17(22)11(2)25-16-6-4-13(20(23)24)8-12(16)9-21/h3-9,11H,1-2H3,(H,19,22)/t11-/m0/s1. The van der Waals surface area contributed by atoms with Gasteiger partial charge in [0.15, 0.2) is 12.4 Å². The van der Waals surface area contributed by atoms with Crippen LogP contribution < -0.4 is 10.1 Å². The maximum atomic E-state index is 12.3. The van der Waals surface area contributed by atoms with Gasteiger partial charge in [-0.2, -0.15) is 0 Å². The molecule has 2 aromatic rings. The molecule has 0 aliphatic carbocycles. The largest absolute Gasteiger partial charge is 0.480 e. The number of non-ortho nitro benzene ring substituents is 1. The van der Waals surface area contributed by atoms with Gasteiger partial charge in [0.25, 0.3) is 11.6 Å². The molecule has 1 amide bonds. The number of hydrogen-bond acceptors (Lipinski definition) is 5. The maximum absolute atomic E-state index is 12.3. The maximum Gasteiger partial charge on any atom is 0.270 e. The summed E-state index contributed by atoms with van der Waals surface area (Å²) in [5.74, 6) is -0.314. The molecule has 1 atom stereocenters. The first-order valence-electron chi connectivity index (χ1n) is 7.29. The number of benzene rings is 2. The van der Waals surface area contributed by atoms with Crippen LogP contribution in [0, 0.1) is 17.0 Å². The Morgan fingerprint density at radius 2 is 2.04 bits per heavy atom. The summed E-state index contributed by atoms with van der Waals surface area (Å²) in [4.78, 5) is 33.5. The summed E-state index contributed by atoms with van der Waals surface area (Å²) >= 11 is 3.37. The van der Waals surface area contributed by atoms with Crippen molar-refractivity contribution >= 4 is 39.5 Å². The summed E-state index contributed by atoms with van der Waals surface area (Å²) < 4.78 is 6.22. The highest BCUT2D eigenvalue weighted by Crippen LogP contribution is 2.26. The predicted octanol–water partition coefficient (Wildman–Crippen LogP) is 3.88. The lowest BCUT2D eigenvalue weighted by molar-refractivity contribution is -0.384. The Hall–Kier alpha value is -2.74. The second-order valence-corrected chi connectivity index (χ2v) is 6.18. The van der Waals surface area contributed by atoms with Gasteiger partial charge in [-0.1, -0.05) is 6.07 Å². The van der Waals surface area contributed by atoms with Crippen molar-refractivity contribution in [1.82, 2.24) is 0 Å². The molecule has 0 saturated heterocycles. The number of carbonyl (C=O) groups is 2. The van der Waals surface area contributed by atoms with E-state index in [1.54, 1.807) is 6.07 Å². The normalized spacial score (nSPS) is 11.5. The van der Waals surface area contributed by atoms with Gasteiger partial charge in [-0.15, -0.1) is 0 Å². The Labute approximate surface area is 152 Å². The Kier molecular flexibility index (Phi) is 5.87. The smallest absolute Gasteiger partial charge is 0.270 e. The van der Waals surface area contributed by atoms with Gasteiger partial charge in [-0.3, -0.25) is 19.7 Å². The van der Waals surface area contributed by atoms with Gasteiger partial charge >= 0.3 is 0 Å². The van der Waals surface area contributed by atoms with E-state index < -0.39 is 16.9 Å². The predicted molar refractivity (Wildman–Crippen MR) is 96.1 cm³/mol. The highest BCUT2D eigenvalue weighted by molar-refractivity contribution is 9.10. The van der Waals surface area contributed by atoms with Crippen LogP contribution in [0.2, 0.25) is 0 Å². The molecule has 0 saturated carbocycles. The van der Waals surface area contributed by atoms with Crippen LogP contribution in [0.25, 0.3) is 0 Å². The van der Waals surface area contributed by atoms with Crippen LogP contribution in [0.4, 0.5) is 11.4 Å². The van der Waals surface area contributed by atoms with E-state index in [9.17, 15) is 19.7 Å². The van der Waals surface area contributed by atoms with Gasteiger partial charge in [0.1, 0.15) is 5.75 Å². The molecule has 0 unspecified atom stereocenters. The Morgan fingerprint density at radius 1 is 1.32 bits per heavy atom. The lowest BCUT2D eigenvalue weighted by Crippen LogP contribution is -2.30. The summed E-state index contributed by atoms with van der Waals surface area (Å²) in [6.45, 7) is 3.45. The zero-order valence-corrected chi connectivity index (χ0v) is 15.1. The quantitative estimate of drug-likeness (QED) is 0.445. The Bertz CT molecular complexity index is 838. The zero-order valence-electron chi connectivity index (χ0n) is 13.5. The number of hydrogen-bond donors (Lipinski definition) is 1. The van der Waals surface area contributed by atoms with Crippen molar-refractivity contribution in [1.29, 1.82) is 0 Å². The number of aldehydes is 1. The van der Waals surface area contributed by atoms with Crippen molar-refractivity contribution in [3.8, 4) is 5.75 Å². The van der Waals surface area contributed by atoms with Gasteiger partial charge in [0, 0.05) is 16.6 Å². The van der Waals surface area contributed by atoms with Crippen molar-refractivity contribution in [2.75, 3.05) is 5.32 Å². The zero-order chi connectivity index (χ0) is 18.6. The number of nitrogens with zero attached hydrogens (tertiary/aromatic N) is 1. The number of nitrogens with one attached hydrogen (secondary N) is 1. The third-order valence-corrected chi connectivity index (χ3v) is 4.04. The van der Waals surface area contributed by atoms with E-state index in [4.69, 9.17) is 4.74 Å². The van der Waals surface area contributed by atoms with Crippen molar-refractivity contribution in [3.05, 3.63) is 62.1 Å². The number of nitro groups is 1. The molecule has 2 aromatic carbocycles. The van der Waals surface area contributed by atoms with E-state index in [0.717, 1.165) is 16.1 Å². The molecule has 0 aromatic heterocycles. The van der Waals surface area contributed by atoms with E-state index >= 15 is 0 Å². The van der Waals surface area contributed by atoms with Crippen LogP contribution in [-0.4, -0.2) is 23.2 Å². The first kappa shape index (κ1) is 18.6. The molecular formula is C17H15BrN2O5. The third-order valence-electron chi connectivity index (χ3n) is 3.39. The minimum atomic E-state index is -0.909. The average molecular weight is 407 g/mol. The Morgan fingerprint density at radius 3 is 2.64 bits per heavy atom. The van der Waals surface area contributed by atoms with Gasteiger partial charge in [0.05, 0.1) is 16.2 Å². The van der Waals surface area contributed by atoms with Crippen LogP contribution in [-0.2, 0) is 4.79 Å². The SMILES string of the molecule is Cc1ccc(NC(=O)[C@H](C)Oc2ccc([N+](=O)[O-])cc2C=O)c(Br)c1. The van der Waals surface area contributed by atoms with Crippen molar-refractivity contribution in [3.63, 3.8) is 0 Å². The minimum Gasteiger partial charge on any atom is -0.480 e. The fourth-order valence-corrected chi connectivity index (χ4v) is 2.64. The van der Waals surface area contributed by atoms with E-state index in [-0.39, 0.29) is 17.0 Å². The number of halogens is 1. The van der Waals surface area contributed by atoms with E-state index in [1.807, 2.05) is 19.1 Å². The van der Waals surface area contributed by atoms with E-state index in [1.165, 1.54) is 19.1 Å². The van der Waals surface area contributed by atoms with Gasteiger partial charge < -0.3 is 10.1 Å². The van der Waals surface area contributed by atoms with Crippen LogP contribution >= 0.6 is 15.9 Å². The van der Waals surface area contributed by atoms with Gasteiger partial charge in [-0.25, -0.2) is 0 Å². The molecule has 8 heteroatoms. The molecule has 130 valence electrons. The molecule has 0 spiro atoms. The summed E-state index contributed by atoms with van der Waals surface area (Å²) in [5.41, 5.74) is 1.40. The van der Waals surface area contributed by atoms with Crippen molar-refractivity contribution in [2.45, 2.75) is 20.0 Å². The lowest BCUT2D eigenvalue weighted by atomic mass is 10.2. The summed E-state index contributed by atoms with van der Waals surface area (Å²) in [6, 6.07) is 9.09. The van der Waals surface area contributed by atoms with Crippen molar-refractivity contribution in [2.24, 2.45) is 0 Å². The molecule has 1 N–H and O–H groups in total. The monoisotopic (exact) mass is 406 g/mol. The van der Waals surface area contributed by atoms with Gasteiger partial charge in [-0.05, 0) is 53.5 Å². The molecule has 0 radical (unpaired) electrons. The summed E-state index contributed by atoms with van der Waals surface area (Å²) in [7, 11) is 0. The van der Waals surface area contributed by atoms with E-state index in [0.29, 0.717) is 12.0 Å². The molecule has 0 fully saturated rings. The summed E-state index contributed by atoms with van der Waals surface area (Å²) in [5, 5.41) is 13.5. The minimum absolute atomic E-state index is 0.00497. The first-order valence-corrected chi connectivity index (χ1v) is 8.08. The van der Waals surface area contributed by atoms with Crippen LogP contribution in [0.5, 0.6) is 5.75 Å². The summed E-state index contributed by atoms with van der Waals surface area (Å²) in [6.07, 6.45) is -0.461. The van der Waals surface area contributed by atoms with Crippen LogP contribution in [0.15, 0.2) is 40.9 Å². The first-order chi connectivity index (χ1) is 11.8. The topological polar surface area (TPSA) is 98.5 Å². The number of nitro benzene ring substituents is 1. The Balaban J connectivity index is 2.13. The third kappa shape index (κ3) is 4.63. The molecule has 0 bridgehead atoms. The van der Waals surface area contributed by atoms with Crippen LogP contribution in [0.1, 0.15) is 22.8 Å². The lowest BCUT2D eigenvalue weighted by Gasteiger charge is -2.16. The van der Waals surface area contributed by atoms with E-state index in [2.05, 4.69) is 21.2 Å². The highest BCUT2D eigenvalue weighted by atomic mass is 79.9. The fraction of sp³-hybridized carbons (Fsp3) is 0.176. The molecule has 25 heavy (non-hydrogen) atoms. The number of carbonyl (C=O) groups excluding carboxylic acids is 2. The number of ether oxygens (including phenoxy) is 1. The second-order valence-electron chi connectivity index (χ2n) is 5.33. The second kappa shape index (κ2) is 7.89. The van der Waals surface area contributed by atoms with Crippen molar-refractivity contribution < 1.29 is 19.2 Å². The molecule has 0 aliphatic heterocycles. The molecule has 0 aliphatic rings. The molecule has 2 rings (SSSR count).